The fourth-order valence-corrected chi connectivity index (χ4v) is 1.53. The Bertz CT molecular complexity index is 207. The first-order chi connectivity index (χ1) is 5.77. The van der Waals surface area contributed by atoms with Gasteiger partial charge in [-0.1, -0.05) is 0 Å². The lowest BCUT2D eigenvalue weighted by Crippen LogP contribution is -2.41. The van der Waals surface area contributed by atoms with Crippen LogP contribution in [-0.4, -0.2) is 30.4 Å². The standard InChI is InChI=1S/C9H14N2O/c1-2-9(12)11-5-3-4-8(6-10)7-11/h1,8H,3-7,10H2. The van der Waals surface area contributed by atoms with Gasteiger partial charge in [0.1, 0.15) is 0 Å². The van der Waals surface area contributed by atoms with E-state index in [0.717, 1.165) is 25.9 Å². The highest BCUT2D eigenvalue weighted by atomic mass is 16.2. The van der Waals surface area contributed by atoms with Crippen LogP contribution in [0.1, 0.15) is 12.8 Å². The van der Waals surface area contributed by atoms with E-state index in [1.165, 1.54) is 0 Å². The second kappa shape index (κ2) is 4.13. The molecule has 66 valence electrons. The molecule has 1 aliphatic heterocycles. The Morgan fingerprint density at radius 1 is 1.75 bits per heavy atom. The molecule has 3 heteroatoms. The van der Waals surface area contributed by atoms with Crippen LogP contribution < -0.4 is 5.73 Å². The number of hydrogen-bond donors (Lipinski definition) is 1. The Morgan fingerprint density at radius 2 is 2.50 bits per heavy atom. The second-order valence-electron chi connectivity index (χ2n) is 3.14. The minimum atomic E-state index is -0.201. The molecule has 1 fully saturated rings. The monoisotopic (exact) mass is 166 g/mol. The molecule has 0 aliphatic carbocycles. The summed E-state index contributed by atoms with van der Waals surface area (Å²) in [7, 11) is 0. The van der Waals surface area contributed by atoms with Crippen molar-refractivity contribution in [2.75, 3.05) is 19.6 Å². The summed E-state index contributed by atoms with van der Waals surface area (Å²) >= 11 is 0. The van der Waals surface area contributed by atoms with Gasteiger partial charge in [0.05, 0.1) is 0 Å². The molecule has 0 aromatic carbocycles. The van der Waals surface area contributed by atoms with Gasteiger partial charge in [0.25, 0.3) is 5.91 Å². The van der Waals surface area contributed by atoms with Crippen LogP contribution in [-0.2, 0) is 4.79 Å². The number of carbonyl (C=O) groups excluding carboxylic acids is 1. The molecule has 1 amide bonds. The predicted molar refractivity (Wildman–Crippen MR) is 47.2 cm³/mol. The summed E-state index contributed by atoms with van der Waals surface area (Å²) in [5.74, 6) is 2.37. The maximum Gasteiger partial charge on any atom is 0.298 e. The first-order valence-electron chi connectivity index (χ1n) is 4.23. The molecular weight excluding hydrogens is 152 g/mol. The molecular formula is C9H14N2O. The number of rotatable bonds is 1. The molecule has 1 aliphatic rings. The van der Waals surface area contributed by atoms with Gasteiger partial charge in [-0.25, -0.2) is 0 Å². The van der Waals surface area contributed by atoms with Gasteiger partial charge in [-0.05, 0) is 31.2 Å². The molecule has 0 aromatic rings. The normalized spacial score (nSPS) is 23.3. The number of nitrogens with two attached hydrogens (primary N) is 1. The number of likely N-dealkylation sites (tertiary alicyclic amines) is 1. The summed E-state index contributed by atoms with van der Waals surface area (Å²) in [6.45, 7) is 2.17. The van der Waals surface area contributed by atoms with Crippen LogP contribution in [0.5, 0.6) is 0 Å². The first-order valence-corrected chi connectivity index (χ1v) is 4.23. The summed E-state index contributed by atoms with van der Waals surface area (Å²) in [6, 6.07) is 0. The Balaban J connectivity index is 2.47. The highest BCUT2D eigenvalue weighted by Gasteiger charge is 2.21. The van der Waals surface area contributed by atoms with Crippen molar-refractivity contribution in [3.8, 4) is 12.3 Å². The van der Waals surface area contributed by atoms with E-state index in [0.29, 0.717) is 12.5 Å². The van der Waals surface area contributed by atoms with E-state index in [1.807, 2.05) is 0 Å². The summed E-state index contributed by atoms with van der Waals surface area (Å²) in [5.41, 5.74) is 5.52. The van der Waals surface area contributed by atoms with Crippen molar-refractivity contribution in [1.82, 2.24) is 4.90 Å². The number of piperidine rings is 1. The molecule has 0 aromatic heterocycles. The Morgan fingerprint density at radius 3 is 3.08 bits per heavy atom. The second-order valence-corrected chi connectivity index (χ2v) is 3.14. The van der Waals surface area contributed by atoms with Crippen molar-refractivity contribution >= 4 is 5.91 Å². The van der Waals surface area contributed by atoms with E-state index in [9.17, 15) is 4.79 Å². The highest BCUT2D eigenvalue weighted by molar-refractivity contribution is 5.92. The number of terminal acetylenes is 1. The Kier molecular flexibility index (Phi) is 3.12. The van der Waals surface area contributed by atoms with Crippen molar-refractivity contribution in [1.29, 1.82) is 0 Å². The van der Waals surface area contributed by atoms with Gasteiger partial charge in [-0.2, -0.15) is 0 Å². The molecule has 1 unspecified atom stereocenters. The van der Waals surface area contributed by atoms with Gasteiger partial charge in [0.2, 0.25) is 0 Å². The number of hydrogen-bond acceptors (Lipinski definition) is 2. The van der Waals surface area contributed by atoms with Crippen molar-refractivity contribution in [3.05, 3.63) is 0 Å². The van der Waals surface area contributed by atoms with Gasteiger partial charge < -0.3 is 10.6 Å². The van der Waals surface area contributed by atoms with E-state index in [4.69, 9.17) is 12.2 Å². The first kappa shape index (κ1) is 9.08. The van der Waals surface area contributed by atoms with Crippen molar-refractivity contribution in [2.45, 2.75) is 12.8 Å². The SMILES string of the molecule is C#CC(=O)N1CCCC(CN)C1. The fourth-order valence-electron chi connectivity index (χ4n) is 1.53. The molecule has 3 nitrogen and oxygen atoms in total. The van der Waals surface area contributed by atoms with Gasteiger partial charge in [0.15, 0.2) is 0 Å². The molecule has 1 heterocycles. The lowest BCUT2D eigenvalue weighted by atomic mass is 9.98. The Hall–Kier alpha value is -1.01. The number of amides is 1. The third-order valence-corrected chi connectivity index (χ3v) is 2.26. The van der Waals surface area contributed by atoms with Gasteiger partial charge >= 0.3 is 0 Å². The number of nitrogens with zero attached hydrogens (tertiary/aromatic N) is 1. The lowest BCUT2D eigenvalue weighted by Gasteiger charge is -2.30. The topological polar surface area (TPSA) is 46.3 Å². The van der Waals surface area contributed by atoms with Gasteiger partial charge in [0, 0.05) is 13.1 Å². The van der Waals surface area contributed by atoms with E-state index in [2.05, 4.69) is 5.92 Å². The third kappa shape index (κ3) is 1.99. The maximum absolute atomic E-state index is 11.1. The molecule has 1 atom stereocenters. The molecule has 2 N–H and O–H groups in total. The van der Waals surface area contributed by atoms with Crippen LogP contribution in [0.15, 0.2) is 0 Å². The zero-order valence-corrected chi connectivity index (χ0v) is 7.12. The van der Waals surface area contributed by atoms with Crippen molar-refractivity contribution < 1.29 is 4.79 Å². The van der Waals surface area contributed by atoms with Crippen LogP contribution in [0.3, 0.4) is 0 Å². The van der Waals surface area contributed by atoms with Crippen molar-refractivity contribution in [2.24, 2.45) is 11.7 Å². The van der Waals surface area contributed by atoms with Crippen LogP contribution in [0, 0.1) is 18.3 Å². The largest absolute Gasteiger partial charge is 0.332 e. The van der Waals surface area contributed by atoms with Crippen molar-refractivity contribution in [3.63, 3.8) is 0 Å². The molecule has 0 radical (unpaired) electrons. The summed E-state index contributed by atoms with van der Waals surface area (Å²) in [6.07, 6.45) is 7.16. The summed E-state index contributed by atoms with van der Waals surface area (Å²) in [4.78, 5) is 12.8. The van der Waals surface area contributed by atoms with Gasteiger partial charge in [-0.3, -0.25) is 4.79 Å². The molecule has 0 spiro atoms. The average Bonchev–Trinajstić information content (AvgIpc) is 2.17. The van der Waals surface area contributed by atoms with E-state index in [1.54, 1.807) is 4.90 Å². The predicted octanol–water partition coefficient (Wildman–Crippen LogP) is -0.183. The van der Waals surface area contributed by atoms with Crippen LogP contribution in [0.25, 0.3) is 0 Å². The highest BCUT2D eigenvalue weighted by Crippen LogP contribution is 2.14. The fraction of sp³-hybridized carbons (Fsp3) is 0.667. The minimum absolute atomic E-state index is 0.201. The Labute approximate surface area is 72.9 Å². The van der Waals surface area contributed by atoms with E-state index < -0.39 is 0 Å². The van der Waals surface area contributed by atoms with Crippen LogP contribution >= 0.6 is 0 Å². The van der Waals surface area contributed by atoms with Gasteiger partial charge in [-0.15, -0.1) is 6.42 Å². The smallest absolute Gasteiger partial charge is 0.298 e. The molecule has 0 saturated carbocycles. The number of carbonyl (C=O) groups is 1. The lowest BCUT2D eigenvalue weighted by molar-refractivity contribution is -0.126. The zero-order chi connectivity index (χ0) is 8.97. The van der Waals surface area contributed by atoms with E-state index >= 15 is 0 Å². The molecule has 1 saturated heterocycles. The quantitative estimate of drug-likeness (QED) is 0.549. The van der Waals surface area contributed by atoms with E-state index in [-0.39, 0.29) is 5.91 Å². The molecule has 12 heavy (non-hydrogen) atoms. The molecule has 1 rings (SSSR count). The van der Waals surface area contributed by atoms with Crippen LogP contribution in [0.2, 0.25) is 0 Å². The van der Waals surface area contributed by atoms with Crippen LogP contribution in [0.4, 0.5) is 0 Å². The minimum Gasteiger partial charge on any atom is -0.332 e. The summed E-state index contributed by atoms with van der Waals surface area (Å²) in [5, 5.41) is 0. The third-order valence-electron chi connectivity index (χ3n) is 2.26. The summed E-state index contributed by atoms with van der Waals surface area (Å²) < 4.78 is 0. The zero-order valence-electron chi connectivity index (χ0n) is 7.12. The maximum atomic E-state index is 11.1. The average molecular weight is 166 g/mol. The molecule has 0 bridgehead atoms.